The first-order chi connectivity index (χ1) is 9.56. The lowest BCUT2D eigenvalue weighted by atomic mass is 10.1. The molecule has 0 aliphatic carbocycles. The number of nitrogens with one attached hydrogen (secondary N) is 1. The largest absolute Gasteiger partial charge is 0.480 e. The summed E-state index contributed by atoms with van der Waals surface area (Å²) in [6.45, 7) is 4.06. The zero-order chi connectivity index (χ0) is 15.0. The van der Waals surface area contributed by atoms with E-state index < -0.39 is 12.0 Å². The van der Waals surface area contributed by atoms with Crippen molar-refractivity contribution in [1.82, 2.24) is 5.32 Å². The van der Waals surface area contributed by atoms with Crippen molar-refractivity contribution in [2.75, 3.05) is 0 Å². The van der Waals surface area contributed by atoms with Gasteiger partial charge in [0.15, 0.2) is 0 Å². The summed E-state index contributed by atoms with van der Waals surface area (Å²) < 4.78 is 0. The van der Waals surface area contributed by atoms with Gasteiger partial charge in [-0.3, -0.25) is 4.79 Å². The van der Waals surface area contributed by atoms with Crippen molar-refractivity contribution in [2.24, 2.45) is 0 Å². The van der Waals surface area contributed by atoms with Gasteiger partial charge in [0.25, 0.3) is 0 Å². The van der Waals surface area contributed by atoms with E-state index in [-0.39, 0.29) is 12.3 Å². The monoisotopic (exact) mass is 277 g/mol. The van der Waals surface area contributed by atoms with Crippen LogP contribution in [-0.4, -0.2) is 23.0 Å². The number of benzene rings is 1. The molecule has 0 saturated heterocycles. The van der Waals surface area contributed by atoms with E-state index in [1.54, 1.807) is 0 Å². The van der Waals surface area contributed by atoms with Crippen LogP contribution in [0.3, 0.4) is 0 Å². The van der Waals surface area contributed by atoms with Crippen LogP contribution >= 0.6 is 0 Å². The molecule has 2 N–H and O–H groups in total. The highest BCUT2D eigenvalue weighted by atomic mass is 16.4. The molecular formula is C16H23NO3. The number of unbranched alkanes of at least 4 members (excludes halogenated alkanes) is 1. The van der Waals surface area contributed by atoms with Crippen LogP contribution in [0.2, 0.25) is 0 Å². The number of carbonyl (C=O) groups excluding carboxylic acids is 1. The van der Waals surface area contributed by atoms with Crippen LogP contribution in [0.4, 0.5) is 0 Å². The molecule has 1 amide bonds. The Morgan fingerprint density at radius 3 is 2.55 bits per heavy atom. The standard InChI is InChI=1S/C16H23NO3/c1-3-5-9-14(16(19)20)17-15(18)11-13-8-6-7-12(4-2)10-13/h6-8,10,14H,3-5,9,11H2,1-2H3,(H,17,18)(H,19,20). The molecule has 4 nitrogen and oxygen atoms in total. The maximum absolute atomic E-state index is 11.9. The second-order valence-electron chi connectivity index (χ2n) is 4.95. The van der Waals surface area contributed by atoms with E-state index in [4.69, 9.17) is 5.11 Å². The summed E-state index contributed by atoms with van der Waals surface area (Å²) in [5.41, 5.74) is 2.09. The molecule has 0 fully saturated rings. The van der Waals surface area contributed by atoms with Crippen LogP contribution in [0.25, 0.3) is 0 Å². The van der Waals surface area contributed by atoms with Crippen LogP contribution in [0.15, 0.2) is 24.3 Å². The highest BCUT2D eigenvalue weighted by Crippen LogP contribution is 2.07. The summed E-state index contributed by atoms with van der Waals surface area (Å²) in [6, 6.07) is 7.04. The second kappa shape index (κ2) is 8.35. The SMILES string of the molecule is CCCCC(NC(=O)Cc1cccc(CC)c1)C(=O)O. The van der Waals surface area contributed by atoms with Gasteiger partial charge in [-0.1, -0.05) is 51.0 Å². The minimum absolute atomic E-state index is 0.226. The second-order valence-corrected chi connectivity index (χ2v) is 4.95. The summed E-state index contributed by atoms with van der Waals surface area (Å²) in [5.74, 6) is -1.20. The Morgan fingerprint density at radius 1 is 1.25 bits per heavy atom. The number of carboxylic acid groups (broad SMARTS) is 1. The molecule has 0 heterocycles. The molecule has 1 rings (SSSR count). The molecule has 1 atom stereocenters. The van der Waals surface area contributed by atoms with Crippen molar-refractivity contribution >= 4 is 11.9 Å². The Morgan fingerprint density at radius 2 is 1.95 bits per heavy atom. The highest BCUT2D eigenvalue weighted by Gasteiger charge is 2.19. The third-order valence-corrected chi connectivity index (χ3v) is 3.24. The van der Waals surface area contributed by atoms with Crippen molar-refractivity contribution < 1.29 is 14.7 Å². The van der Waals surface area contributed by atoms with Crippen molar-refractivity contribution in [2.45, 2.75) is 52.0 Å². The van der Waals surface area contributed by atoms with Gasteiger partial charge in [-0.05, 0) is 24.0 Å². The molecule has 4 heteroatoms. The van der Waals surface area contributed by atoms with Crippen LogP contribution in [0.1, 0.15) is 44.2 Å². The predicted octanol–water partition coefficient (Wildman–Crippen LogP) is 2.55. The average molecular weight is 277 g/mol. The van der Waals surface area contributed by atoms with Gasteiger partial charge in [-0.25, -0.2) is 4.79 Å². The lowest BCUT2D eigenvalue weighted by Gasteiger charge is -2.14. The van der Waals surface area contributed by atoms with E-state index >= 15 is 0 Å². The van der Waals surface area contributed by atoms with E-state index in [0.29, 0.717) is 6.42 Å². The third kappa shape index (κ3) is 5.43. The number of aliphatic carboxylic acids is 1. The van der Waals surface area contributed by atoms with Gasteiger partial charge in [0.1, 0.15) is 6.04 Å². The number of amides is 1. The quantitative estimate of drug-likeness (QED) is 0.767. The maximum atomic E-state index is 11.9. The molecule has 0 bridgehead atoms. The van der Waals surface area contributed by atoms with Crippen LogP contribution in [0.5, 0.6) is 0 Å². The lowest BCUT2D eigenvalue weighted by molar-refractivity contribution is -0.142. The summed E-state index contributed by atoms with van der Waals surface area (Å²) in [5, 5.41) is 11.7. The first-order valence-electron chi connectivity index (χ1n) is 7.16. The van der Waals surface area contributed by atoms with Crippen molar-refractivity contribution in [1.29, 1.82) is 0 Å². The van der Waals surface area contributed by atoms with Gasteiger partial charge in [0.2, 0.25) is 5.91 Å². The Hall–Kier alpha value is -1.84. The summed E-state index contributed by atoms with van der Waals surface area (Å²) >= 11 is 0. The molecule has 0 spiro atoms. The summed E-state index contributed by atoms with van der Waals surface area (Å²) in [7, 11) is 0. The normalized spacial score (nSPS) is 11.9. The molecular weight excluding hydrogens is 254 g/mol. The number of hydrogen-bond donors (Lipinski definition) is 2. The fourth-order valence-electron chi connectivity index (χ4n) is 2.06. The number of aryl methyl sites for hydroxylation is 1. The fraction of sp³-hybridized carbons (Fsp3) is 0.500. The van der Waals surface area contributed by atoms with Gasteiger partial charge >= 0.3 is 5.97 Å². The van der Waals surface area contributed by atoms with Crippen LogP contribution in [-0.2, 0) is 22.4 Å². The lowest BCUT2D eigenvalue weighted by Crippen LogP contribution is -2.41. The van der Waals surface area contributed by atoms with Crippen molar-refractivity contribution in [3.05, 3.63) is 35.4 Å². The smallest absolute Gasteiger partial charge is 0.326 e. The minimum atomic E-state index is -0.964. The topological polar surface area (TPSA) is 66.4 Å². The summed E-state index contributed by atoms with van der Waals surface area (Å²) in [4.78, 5) is 23.0. The highest BCUT2D eigenvalue weighted by molar-refractivity contribution is 5.84. The molecule has 1 aromatic carbocycles. The number of carboxylic acids is 1. The molecule has 1 aromatic rings. The molecule has 1 unspecified atom stereocenters. The van der Waals surface area contributed by atoms with Crippen molar-refractivity contribution in [3.8, 4) is 0 Å². The molecule has 0 aliphatic heterocycles. The third-order valence-electron chi connectivity index (χ3n) is 3.24. The van der Waals surface area contributed by atoms with Gasteiger partial charge in [0.05, 0.1) is 6.42 Å². The summed E-state index contributed by atoms with van der Waals surface area (Å²) in [6.07, 6.45) is 3.33. The minimum Gasteiger partial charge on any atom is -0.480 e. The van der Waals surface area contributed by atoms with E-state index in [0.717, 1.165) is 24.8 Å². The molecule has 0 aromatic heterocycles. The average Bonchev–Trinajstić information content (AvgIpc) is 2.43. The van der Waals surface area contributed by atoms with E-state index in [2.05, 4.69) is 12.2 Å². The molecule has 0 radical (unpaired) electrons. The first-order valence-corrected chi connectivity index (χ1v) is 7.16. The van der Waals surface area contributed by atoms with Gasteiger partial charge < -0.3 is 10.4 Å². The fourth-order valence-corrected chi connectivity index (χ4v) is 2.06. The Labute approximate surface area is 120 Å². The molecule has 0 aliphatic rings. The predicted molar refractivity (Wildman–Crippen MR) is 78.6 cm³/mol. The number of hydrogen-bond acceptors (Lipinski definition) is 2. The van der Waals surface area contributed by atoms with E-state index in [1.165, 1.54) is 5.56 Å². The van der Waals surface area contributed by atoms with Gasteiger partial charge in [-0.15, -0.1) is 0 Å². The molecule has 20 heavy (non-hydrogen) atoms. The van der Waals surface area contributed by atoms with Crippen LogP contribution < -0.4 is 5.32 Å². The van der Waals surface area contributed by atoms with Gasteiger partial charge in [-0.2, -0.15) is 0 Å². The van der Waals surface area contributed by atoms with Crippen LogP contribution in [0, 0.1) is 0 Å². The number of carbonyl (C=O) groups is 2. The van der Waals surface area contributed by atoms with E-state index in [9.17, 15) is 9.59 Å². The maximum Gasteiger partial charge on any atom is 0.326 e. The molecule has 110 valence electrons. The zero-order valence-corrected chi connectivity index (χ0v) is 12.2. The first kappa shape index (κ1) is 16.2. The van der Waals surface area contributed by atoms with Gasteiger partial charge in [0, 0.05) is 0 Å². The van der Waals surface area contributed by atoms with E-state index in [1.807, 2.05) is 31.2 Å². The molecule has 0 saturated carbocycles. The Balaban J connectivity index is 2.58. The zero-order valence-electron chi connectivity index (χ0n) is 12.2. The number of rotatable bonds is 8. The Bertz CT molecular complexity index is 457. The van der Waals surface area contributed by atoms with Crippen molar-refractivity contribution in [3.63, 3.8) is 0 Å². The Kier molecular flexibility index (Phi) is 6.77.